The number of amides is 1. The van der Waals surface area contributed by atoms with E-state index < -0.39 is 24.7 Å². The SMILES string of the molecule is O=C(NCC(F)(F)F)C1CCCN1Cc1cc(Cl)c2c(c1)OCCCO2. The summed E-state index contributed by atoms with van der Waals surface area (Å²) >= 11 is 6.28. The lowest BCUT2D eigenvalue weighted by Crippen LogP contribution is -2.45. The molecule has 1 N–H and O–H groups in total. The van der Waals surface area contributed by atoms with E-state index in [1.54, 1.807) is 6.07 Å². The fourth-order valence-corrected chi connectivity index (χ4v) is 3.52. The monoisotopic (exact) mass is 392 g/mol. The minimum absolute atomic E-state index is 0.403. The summed E-state index contributed by atoms with van der Waals surface area (Å²) in [5.41, 5.74) is 0.828. The Bertz CT molecular complexity index is 669. The Kier molecular flexibility index (Phi) is 5.82. The second-order valence-electron chi connectivity index (χ2n) is 6.42. The zero-order chi connectivity index (χ0) is 18.7. The lowest BCUT2D eigenvalue weighted by Gasteiger charge is -2.24. The zero-order valence-electron chi connectivity index (χ0n) is 14.1. The van der Waals surface area contributed by atoms with Crippen molar-refractivity contribution in [1.29, 1.82) is 0 Å². The van der Waals surface area contributed by atoms with E-state index in [1.165, 1.54) is 0 Å². The van der Waals surface area contributed by atoms with Gasteiger partial charge in [0.1, 0.15) is 6.54 Å². The average Bonchev–Trinajstić information content (AvgIpc) is 2.88. The number of halogens is 4. The Balaban J connectivity index is 1.68. The van der Waals surface area contributed by atoms with Crippen LogP contribution >= 0.6 is 11.6 Å². The number of fused-ring (bicyclic) bond motifs is 1. The minimum Gasteiger partial charge on any atom is -0.489 e. The molecule has 5 nitrogen and oxygen atoms in total. The van der Waals surface area contributed by atoms with Crippen LogP contribution in [0.4, 0.5) is 13.2 Å². The molecule has 144 valence electrons. The van der Waals surface area contributed by atoms with Crippen molar-refractivity contribution in [2.45, 2.75) is 38.0 Å². The molecule has 0 saturated carbocycles. The molecule has 1 saturated heterocycles. The predicted molar refractivity (Wildman–Crippen MR) is 89.6 cm³/mol. The minimum atomic E-state index is -4.42. The number of benzene rings is 1. The first kappa shape index (κ1) is 19.1. The highest BCUT2D eigenvalue weighted by Crippen LogP contribution is 2.38. The first-order valence-corrected chi connectivity index (χ1v) is 8.88. The van der Waals surface area contributed by atoms with E-state index in [-0.39, 0.29) is 0 Å². The number of nitrogens with one attached hydrogen (secondary N) is 1. The van der Waals surface area contributed by atoms with Gasteiger partial charge in [-0.1, -0.05) is 11.6 Å². The summed E-state index contributed by atoms with van der Waals surface area (Å²) in [5, 5.41) is 2.40. The number of rotatable bonds is 4. The van der Waals surface area contributed by atoms with Crippen molar-refractivity contribution >= 4 is 17.5 Å². The summed E-state index contributed by atoms with van der Waals surface area (Å²) in [6.45, 7) is 0.779. The molecule has 1 atom stereocenters. The largest absolute Gasteiger partial charge is 0.489 e. The fourth-order valence-electron chi connectivity index (χ4n) is 3.23. The van der Waals surface area contributed by atoms with Crippen molar-refractivity contribution in [3.63, 3.8) is 0 Å². The van der Waals surface area contributed by atoms with E-state index in [2.05, 4.69) is 0 Å². The molecular weight excluding hydrogens is 373 g/mol. The summed E-state index contributed by atoms with van der Waals surface area (Å²) in [5.74, 6) is 0.469. The summed E-state index contributed by atoms with van der Waals surface area (Å²) in [6.07, 6.45) is -2.38. The van der Waals surface area contributed by atoms with Crippen LogP contribution in [0.2, 0.25) is 5.02 Å². The van der Waals surface area contributed by atoms with Crippen molar-refractivity contribution in [1.82, 2.24) is 10.2 Å². The molecule has 26 heavy (non-hydrogen) atoms. The molecule has 9 heteroatoms. The average molecular weight is 393 g/mol. The number of nitrogens with zero attached hydrogens (tertiary/aromatic N) is 1. The van der Waals surface area contributed by atoms with Crippen molar-refractivity contribution in [2.75, 3.05) is 26.3 Å². The van der Waals surface area contributed by atoms with E-state index in [0.717, 1.165) is 18.4 Å². The lowest BCUT2D eigenvalue weighted by atomic mass is 10.1. The van der Waals surface area contributed by atoms with Gasteiger partial charge in [-0.2, -0.15) is 13.2 Å². The van der Waals surface area contributed by atoms with Crippen LogP contribution in [-0.4, -0.2) is 49.3 Å². The van der Waals surface area contributed by atoms with Crippen LogP contribution in [0.1, 0.15) is 24.8 Å². The number of hydrogen-bond donors (Lipinski definition) is 1. The van der Waals surface area contributed by atoms with E-state index in [1.807, 2.05) is 16.3 Å². The van der Waals surface area contributed by atoms with Crippen molar-refractivity contribution in [3.8, 4) is 11.5 Å². The third-order valence-electron chi connectivity index (χ3n) is 4.38. The highest BCUT2D eigenvalue weighted by Gasteiger charge is 2.34. The normalized spacial score (nSPS) is 20.7. The number of carbonyl (C=O) groups excluding carboxylic acids is 1. The van der Waals surface area contributed by atoms with Gasteiger partial charge in [0, 0.05) is 13.0 Å². The van der Waals surface area contributed by atoms with E-state index >= 15 is 0 Å². The molecule has 1 amide bonds. The molecule has 0 aliphatic carbocycles. The highest BCUT2D eigenvalue weighted by atomic mass is 35.5. The Labute approximate surface area is 154 Å². The Morgan fingerprint density at radius 2 is 2.04 bits per heavy atom. The van der Waals surface area contributed by atoms with Gasteiger partial charge in [-0.15, -0.1) is 0 Å². The zero-order valence-corrected chi connectivity index (χ0v) is 14.8. The van der Waals surface area contributed by atoms with E-state index in [4.69, 9.17) is 21.1 Å². The van der Waals surface area contributed by atoms with Gasteiger partial charge in [0.05, 0.1) is 24.3 Å². The Morgan fingerprint density at radius 3 is 2.81 bits per heavy atom. The highest BCUT2D eigenvalue weighted by molar-refractivity contribution is 6.32. The smallest absolute Gasteiger partial charge is 0.405 e. The molecule has 0 bridgehead atoms. The van der Waals surface area contributed by atoms with Gasteiger partial charge in [0.2, 0.25) is 5.91 Å². The molecule has 0 aromatic heterocycles. The summed E-state index contributed by atoms with van der Waals surface area (Å²) in [6, 6.07) is 2.99. The quantitative estimate of drug-likeness (QED) is 0.855. The molecule has 1 aromatic carbocycles. The molecule has 2 heterocycles. The second kappa shape index (κ2) is 7.92. The number of ether oxygens (including phenoxy) is 2. The van der Waals surface area contributed by atoms with Crippen LogP contribution in [0.5, 0.6) is 11.5 Å². The number of likely N-dealkylation sites (tertiary alicyclic amines) is 1. The Hall–Kier alpha value is -1.67. The topological polar surface area (TPSA) is 50.8 Å². The molecule has 2 aliphatic heterocycles. The van der Waals surface area contributed by atoms with Crippen LogP contribution in [-0.2, 0) is 11.3 Å². The van der Waals surface area contributed by atoms with Crippen LogP contribution in [0.3, 0.4) is 0 Å². The van der Waals surface area contributed by atoms with Gasteiger partial charge < -0.3 is 14.8 Å². The maximum Gasteiger partial charge on any atom is 0.405 e. The number of hydrogen-bond acceptors (Lipinski definition) is 4. The number of carbonyl (C=O) groups is 1. The molecular formula is C17H20ClF3N2O3. The number of alkyl halides is 3. The molecule has 0 radical (unpaired) electrons. The molecule has 1 fully saturated rings. The van der Waals surface area contributed by atoms with Crippen molar-refractivity contribution < 1.29 is 27.4 Å². The van der Waals surface area contributed by atoms with Crippen molar-refractivity contribution in [2.24, 2.45) is 0 Å². The van der Waals surface area contributed by atoms with Crippen LogP contribution in [0.15, 0.2) is 12.1 Å². The van der Waals surface area contributed by atoms with Crippen LogP contribution in [0.25, 0.3) is 0 Å². The van der Waals surface area contributed by atoms with Gasteiger partial charge in [-0.05, 0) is 37.1 Å². The molecule has 1 unspecified atom stereocenters. The molecule has 0 spiro atoms. The summed E-state index contributed by atoms with van der Waals surface area (Å²) in [7, 11) is 0. The molecule has 1 aromatic rings. The standard InChI is InChI=1S/C17H20ClF3N2O3/c18-12-7-11(8-14-15(12)26-6-2-5-25-14)9-23-4-1-3-13(23)16(24)22-10-17(19,20)21/h7-8,13H,1-6,9-10H2,(H,22,24). The Morgan fingerprint density at radius 1 is 1.27 bits per heavy atom. The first-order valence-electron chi connectivity index (χ1n) is 8.50. The van der Waals surface area contributed by atoms with Gasteiger partial charge in [0.15, 0.2) is 11.5 Å². The van der Waals surface area contributed by atoms with Crippen molar-refractivity contribution in [3.05, 3.63) is 22.7 Å². The third kappa shape index (κ3) is 4.73. The van der Waals surface area contributed by atoms with Gasteiger partial charge in [-0.25, -0.2) is 0 Å². The molecule has 3 rings (SSSR count). The lowest BCUT2D eigenvalue weighted by molar-refractivity contribution is -0.141. The fraction of sp³-hybridized carbons (Fsp3) is 0.588. The third-order valence-corrected chi connectivity index (χ3v) is 4.66. The van der Waals surface area contributed by atoms with E-state index in [0.29, 0.717) is 49.2 Å². The second-order valence-corrected chi connectivity index (χ2v) is 6.82. The maximum absolute atomic E-state index is 12.3. The van der Waals surface area contributed by atoms with Gasteiger partial charge in [0.25, 0.3) is 0 Å². The van der Waals surface area contributed by atoms with Crippen LogP contribution in [0, 0.1) is 0 Å². The summed E-state index contributed by atoms with van der Waals surface area (Å²) in [4.78, 5) is 14.0. The summed E-state index contributed by atoms with van der Waals surface area (Å²) < 4.78 is 48.2. The predicted octanol–water partition coefficient (Wildman–Crippen LogP) is 3.14. The first-order chi connectivity index (χ1) is 12.3. The van der Waals surface area contributed by atoms with Crippen LogP contribution < -0.4 is 14.8 Å². The van der Waals surface area contributed by atoms with E-state index in [9.17, 15) is 18.0 Å². The van der Waals surface area contributed by atoms with Gasteiger partial charge >= 0.3 is 6.18 Å². The maximum atomic E-state index is 12.3. The molecule has 2 aliphatic rings. The van der Waals surface area contributed by atoms with Gasteiger partial charge in [-0.3, -0.25) is 9.69 Å².